The molecule has 0 radical (unpaired) electrons. The molecule has 4 aromatic rings. The Bertz CT molecular complexity index is 1520. The van der Waals surface area contributed by atoms with Crippen molar-refractivity contribution in [1.29, 1.82) is 0 Å². The Labute approximate surface area is 214 Å². The van der Waals surface area contributed by atoms with Gasteiger partial charge in [0.2, 0.25) is 0 Å². The first-order valence-corrected chi connectivity index (χ1v) is 11.5. The minimum atomic E-state index is -0.842. The minimum absolute atomic E-state index is 0.0181. The van der Waals surface area contributed by atoms with E-state index in [9.17, 15) is 18.4 Å². The first-order valence-electron chi connectivity index (χ1n) is 10.7. The highest BCUT2D eigenvalue weighted by atomic mass is 35.5. The number of aryl methyl sites for hydroxylation is 1. The molecule has 1 aliphatic rings. The number of carbonyl (C=O) groups is 2. The molecule has 2 N–H and O–H groups in total. The van der Waals surface area contributed by atoms with E-state index in [2.05, 4.69) is 20.6 Å². The van der Waals surface area contributed by atoms with Crippen LogP contribution in [0.3, 0.4) is 0 Å². The van der Waals surface area contributed by atoms with E-state index in [1.807, 2.05) is 0 Å². The molecule has 1 atom stereocenters. The van der Waals surface area contributed by atoms with E-state index in [1.165, 1.54) is 24.3 Å². The van der Waals surface area contributed by atoms with Gasteiger partial charge in [0.25, 0.3) is 11.8 Å². The monoisotopic (exact) mass is 524 g/mol. The number of fused-ring (bicyclic) bond motifs is 1. The van der Waals surface area contributed by atoms with Gasteiger partial charge >= 0.3 is 0 Å². The molecule has 0 saturated carbocycles. The van der Waals surface area contributed by atoms with Crippen molar-refractivity contribution < 1.29 is 18.4 Å². The average molecular weight is 525 g/mol. The van der Waals surface area contributed by atoms with Gasteiger partial charge in [-0.3, -0.25) is 9.59 Å². The zero-order valence-electron chi connectivity index (χ0n) is 18.6. The van der Waals surface area contributed by atoms with Crippen LogP contribution in [0.25, 0.3) is 11.1 Å². The lowest BCUT2D eigenvalue weighted by atomic mass is 9.93. The topological polar surface area (TPSA) is 84.0 Å². The van der Waals surface area contributed by atoms with E-state index in [0.29, 0.717) is 28.1 Å². The maximum atomic E-state index is 14.1. The van der Waals surface area contributed by atoms with Gasteiger partial charge in [-0.25, -0.2) is 18.7 Å². The van der Waals surface area contributed by atoms with Crippen molar-refractivity contribution in [2.24, 2.45) is 0 Å². The van der Waals surface area contributed by atoms with Crippen LogP contribution in [0.2, 0.25) is 10.0 Å². The van der Waals surface area contributed by atoms with E-state index in [4.69, 9.17) is 23.2 Å². The predicted molar refractivity (Wildman–Crippen MR) is 132 cm³/mol. The number of anilines is 1. The fourth-order valence-electron chi connectivity index (χ4n) is 4.09. The van der Waals surface area contributed by atoms with Gasteiger partial charge in [-0.15, -0.1) is 0 Å². The molecule has 5 rings (SSSR count). The Morgan fingerprint density at radius 1 is 0.972 bits per heavy atom. The van der Waals surface area contributed by atoms with Crippen molar-refractivity contribution in [3.05, 3.63) is 111 Å². The van der Waals surface area contributed by atoms with Crippen molar-refractivity contribution in [3.8, 4) is 11.1 Å². The fourth-order valence-corrected chi connectivity index (χ4v) is 4.54. The quantitative estimate of drug-likeness (QED) is 0.336. The van der Waals surface area contributed by atoms with Gasteiger partial charge in [0, 0.05) is 55.9 Å². The number of aromatic nitrogens is 2. The van der Waals surface area contributed by atoms with E-state index in [-0.39, 0.29) is 26.9 Å². The van der Waals surface area contributed by atoms with E-state index in [1.54, 1.807) is 31.5 Å². The summed E-state index contributed by atoms with van der Waals surface area (Å²) in [4.78, 5) is 34.5. The lowest BCUT2D eigenvalue weighted by molar-refractivity contribution is 0.0959. The lowest BCUT2D eigenvalue weighted by Gasteiger charge is -2.19. The number of hydrogen-bond acceptors (Lipinski definition) is 4. The van der Waals surface area contributed by atoms with Crippen LogP contribution in [-0.2, 0) is 0 Å². The number of amides is 2. The third-order valence-corrected chi connectivity index (χ3v) is 6.31. The number of halogens is 4. The summed E-state index contributed by atoms with van der Waals surface area (Å²) >= 11 is 12.3. The van der Waals surface area contributed by atoms with E-state index >= 15 is 0 Å². The maximum Gasteiger partial charge on any atom is 0.255 e. The molecule has 6 nitrogen and oxygen atoms in total. The van der Waals surface area contributed by atoms with Gasteiger partial charge in [-0.2, -0.15) is 0 Å². The van der Waals surface area contributed by atoms with Crippen LogP contribution in [0, 0.1) is 18.6 Å². The first-order chi connectivity index (χ1) is 17.2. The number of carbonyl (C=O) groups excluding carboxylic acids is 2. The van der Waals surface area contributed by atoms with Gasteiger partial charge < -0.3 is 10.6 Å². The van der Waals surface area contributed by atoms with Crippen LogP contribution in [0.15, 0.2) is 60.9 Å². The van der Waals surface area contributed by atoms with Crippen molar-refractivity contribution in [2.75, 3.05) is 5.32 Å². The molecule has 0 fully saturated rings. The summed E-state index contributed by atoms with van der Waals surface area (Å²) in [6, 6.07) is 9.71. The summed E-state index contributed by atoms with van der Waals surface area (Å²) < 4.78 is 28.0. The van der Waals surface area contributed by atoms with Crippen molar-refractivity contribution in [1.82, 2.24) is 15.3 Å². The van der Waals surface area contributed by atoms with Crippen LogP contribution in [0.1, 0.15) is 43.7 Å². The Balaban J connectivity index is 1.67. The van der Waals surface area contributed by atoms with Gasteiger partial charge in [-0.1, -0.05) is 23.2 Å². The van der Waals surface area contributed by atoms with Crippen LogP contribution in [0.5, 0.6) is 0 Å². The number of benzene rings is 3. The molecule has 2 heterocycles. The number of hydrogen-bond donors (Lipinski definition) is 2. The largest absolute Gasteiger partial charge is 0.341 e. The summed E-state index contributed by atoms with van der Waals surface area (Å²) in [5.41, 5.74) is 2.35. The molecule has 2 amide bonds. The molecule has 10 heteroatoms. The zero-order chi connectivity index (χ0) is 25.6. The van der Waals surface area contributed by atoms with Crippen LogP contribution in [-0.4, -0.2) is 21.8 Å². The highest BCUT2D eigenvalue weighted by Crippen LogP contribution is 2.41. The molecule has 3 aromatic carbocycles. The highest BCUT2D eigenvalue weighted by molar-refractivity contribution is 6.31. The Morgan fingerprint density at radius 2 is 1.72 bits per heavy atom. The molecular formula is C26H16Cl2F2N4O2. The predicted octanol–water partition coefficient (Wildman–Crippen LogP) is 6.12. The van der Waals surface area contributed by atoms with Gasteiger partial charge in [-0.05, 0) is 61.0 Å². The fraction of sp³-hybridized carbons (Fsp3) is 0.0769. The maximum absolute atomic E-state index is 14.1. The molecule has 0 aliphatic carbocycles. The third kappa shape index (κ3) is 4.53. The SMILES string of the molecule is Cc1ncc(-c2cc(NC(=O)c3cc(F)cc(Cl)c3)c3c(c2)C(=O)N[C@@H]3c2cc(F)ccc2Cl)cn1. The molecule has 0 spiro atoms. The number of rotatable bonds is 4. The molecule has 36 heavy (non-hydrogen) atoms. The Hall–Kier alpha value is -3.88. The first kappa shape index (κ1) is 23.8. The second-order valence-electron chi connectivity index (χ2n) is 8.19. The molecule has 180 valence electrons. The summed E-state index contributed by atoms with van der Waals surface area (Å²) in [7, 11) is 0. The van der Waals surface area contributed by atoms with Crippen molar-refractivity contribution in [3.63, 3.8) is 0 Å². The van der Waals surface area contributed by atoms with Crippen molar-refractivity contribution >= 4 is 40.7 Å². The molecule has 0 bridgehead atoms. The van der Waals surface area contributed by atoms with Crippen LogP contribution >= 0.6 is 23.2 Å². The van der Waals surface area contributed by atoms with E-state index < -0.39 is 29.5 Å². The smallest absolute Gasteiger partial charge is 0.255 e. The molecule has 1 aromatic heterocycles. The lowest BCUT2D eigenvalue weighted by Crippen LogP contribution is -2.21. The molecule has 0 unspecified atom stereocenters. The molecule has 1 aliphatic heterocycles. The molecular weight excluding hydrogens is 509 g/mol. The second-order valence-corrected chi connectivity index (χ2v) is 9.03. The molecule has 0 saturated heterocycles. The zero-order valence-corrected chi connectivity index (χ0v) is 20.1. The normalized spacial score (nSPS) is 14.4. The van der Waals surface area contributed by atoms with Gasteiger partial charge in [0.15, 0.2) is 0 Å². The summed E-state index contributed by atoms with van der Waals surface area (Å²) in [5, 5.41) is 5.85. The van der Waals surface area contributed by atoms with Crippen molar-refractivity contribution in [2.45, 2.75) is 13.0 Å². The van der Waals surface area contributed by atoms with Crippen LogP contribution < -0.4 is 10.6 Å². The standard InChI is InChI=1S/C26H16Cl2F2N4O2/c1-12-31-10-15(11-32-12)13-6-20-23(24(34-26(20)36)19-9-17(29)2-3-21(19)28)22(7-13)33-25(35)14-4-16(27)8-18(30)5-14/h2-11,24H,1H3,(H,33,35)(H,34,36)/t24-/m1/s1. The highest BCUT2D eigenvalue weighted by Gasteiger charge is 2.35. The second kappa shape index (κ2) is 9.29. The van der Waals surface area contributed by atoms with Gasteiger partial charge in [0.05, 0.1) is 6.04 Å². The van der Waals surface area contributed by atoms with Gasteiger partial charge in [0.1, 0.15) is 17.5 Å². The Morgan fingerprint density at radius 3 is 2.44 bits per heavy atom. The van der Waals surface area contributed by atoms with Crippen LogP contribution in [0.4, 0.5) is 14.5 Å². The number of nitrogens with one attached hydrogen (secondary N) is 2. The average Bonchev–Trinajstić information content (AvgIpc) is 3.17. The number of nitrogens with zero attached hydrogens (tertiary/aromatic N) is 2. The summed E-state index contributed by atoms with van der Waals surface area (Å²) in [6.07, 6.45) is 3.19. The third-order valence-electron chi connectivity index (χ3n) is 5.75. The summed E-state index contributed by atoms with van der Waals surface area (Å²) in [6.45, 7) is 1.74. The van der Waals surface area contributed by atoms with E-state index in [0.717, 1.165) is 12.1 Å². The minimum Gasteiger partial charge on any atom is -0.341 e. The summed E-state index contributed by atoms with van der Waals surface area (Å²) in [5.74, 6) is -1.74. The Kier molecular flexibility index (Phi) is 6.15.